The van der Waals surface area contributed by atoms with Crippen LogP contribution >= 0.6 is 0 Å². The first-order chi connectivity index (χ1) is 9.16. The molecular formula is C16H25N3. The summed E-state index contributed by atoms with van der Waals surface area (Å²) in [5.74, 6) is 3.89. The summed E-state index contributed by atoms with van der Waals surface area (Å²) in [5.41, 5.74) is 7.82. The van der Waals surface area contributed by atoms with Gasteiger partial charge in [-0.25, -0.2) is 4.68 Å². The first-order valence-electron chi connectivity index (χ1n) is 7.98. The third-order valence-electron chi connectivity index (χ3n) is 5.87. The maximum Gasteiger partial charge on any atom is 0.121 e. The van der Waals surface area contributed by atoms with Crippen molar-refractivity contribution in [1.29, 1.82) is 0 Å². The molecule has 3 heteroatoms. The summed E-state index contributed by atoms with van der Waals surface area (Å²) in [7, 11) is 0. The van der Waals surface area contributed by atoms with Crippen molar-refractivity contribution < 1.29 is 0 Å². The summed E-state index contributed by atoms with van der Waals surface area (Å²) in [6, 6.07) is 2.06. The van der Waals surface area contributed by atoms with E-state index in [9.17, 15) is 0 Å². The van der Waals surface area contributed by atoms with Crippen LogP contribution in [-0.4, -0.2) is 9.78 Å². The van der Waals surface area contributed by atoms with Crippen LogP contribution in [0.2, 0.25) is 0 Å². The number of hydrogen-bond donors (Lipinski definition) is 1. The molecule has 4 aliphatic carbocycles. The molecule has 104 valence electrons. The Morgan fingerprint density at radius 3 is 2.26 bits per heavy atom. The Morgan fingerprint density at radius 2 is 1.79 bits per heavy atom. The topological polar surface area (TPSA) is 43.8 Å². The minimum atomic E-state index is 0.528. The van der Waals surface area contributed by atoms with Crippen LogP contribution < -0.4 is 5.73 Å². The average Bonchev–Trinajstić information content (AvgIpc) is 2.67. The summed E-state index contributed by atoms with van der Waals surface area (Å²) >= 11 is 0. The summed E-state index contributed by atoms with van der Waals surface area (Å²) in [4.78, 5) is 0. The minimum absolute atomic E-state index is 0.528. The Balaban J connectivity index is 1.60. The molecule has 0 aromatic carbocycles. The van der Waals surface area contributed by atoms with Crippen LogP contribution in [0.15, 0.2) is 6.07 Å². The SMILES string of the molecule is CCc1cc(N)n(CC23CC4CC(CC(C4)C2)C3)n1. The number of aryl methyl sites for hydroxylation is 1. The number of hydrogen-bond acceptors (Lipinski definition) is 2. The van der Waals surface area contributed by atoms with Crippen molar-refractivity contribution in [1.82, 2.24) is 9.78 Å². The van der Waals surface area contributed by atoms with Gasteiger partial charge in [-0.05, 0) is 68.1 Å². The number of rotatable bonds is 3. The lowest BCUT2D eigenvalue weighted by Crippen LogP contribution is -2.48. The Hall–Kier alpha value is -0.990. The quantitative estimate of drug-likeness (QED) is 0.905. The molecule has 5 rings (SSSR count). The summed E-state index contributed by atoms with van der Waals surface area (Å²) in [6.45, 7) is 3.22. The fourth-order valence-electron chi connectivity index (χ4n) is 5.59. The van der Waals surface area contributed by atoms with Gasteiger partial charge in [0.25, 0.3) is 0 Å². The van der Waals surface area contributed by atoms with Gasteiger partial charge in [-0.1, -0.05) is 6.92 Å². The van der Waals surface area contributed by atoms with E-state index >= 15 is 0 Å². The predicted octanol–water partition coefficient (Wildman–Crippen LogP) is 3.24. The van der Waals surface area contributed by atoms with Crippen molar-refractivity contribution in [2.24, 2.45) is 23.2 Å². The second kappa shape index (κ2) is 4.00. The molecule has 19 heavy (non-hydrogen) atoms. The molecule has 1 aromatic rings. The third kappa shape index (κ3) is 1.89. The lowest BCUT2D eigenvalue weighted by atomic mass is 9.49. The molecule has 4 aliphatic rings. The second-order valence-electron chi connectivity index (χ2n) is 7.49. The normalized spacial score (nSPS) is 39.9. The molecule has 0 spiro atoms. The summed E-state index contributed by atoms with van der Waals surface area (Å²) in [5, 5.41) is 4.70. The van der Waals surface area contributed by atoms with Crippen LogP contribution in [-0.2, 0) is 13.0 Å². The monoisotopic (exact) mass is 259 g/mol. The highest BCUT2D eigenvalue weighted by Gasteiger charge is 2.51. The number of nitrogens with zero attached hydrogens (tertiary/aromatic N) is 2. The van der Waals surface area contributed by atoms with Crippen LogP contribution in [0.1, 0.15) is 51.1 Å². The molecule has 1 aromatic heterocycles. The van der Waals surface area contributed by atoms with Gasteiger partial charge < -0.3 is 5.73 Å². The number of aromatic nitrogens is 2. The zero-order valence-electron chi connectivity index (χ0n) is 11.9. The molecule has 4 saturated carbocycles. The van der Waals surface area contributed by atoms with Crippen molar-refractivity contribution in [3.63, 3.8) is 0 Å². The van der Waals surface area contributed by atoms with E-state index in [4.69, 9.17) is 10.8 Å². The van der Waals surface area contributed by atoms with E-state index in [-0.39, 0.29) is 0 Å². The molecule has 0 unspecified atom stereocenters. The van der Waals surface area contributed by atoms with Crippen molar-refractivity contribution in [3.8, 4) is 0 Å². The Morgan fingerprint density at radius 1 is 1.21 bits per heavy atom. The van der Waals surface area contributed by atoms with E-state index in [0.29, 0.717) is 5.41 Å². The molecule has 0 atom stereocenters. The third-order valence-corrected chi connectivity index (χ3v) is 5.87. The number of nitrogens with two attached hydrogens (primary N) is 1. The van der Waals surface area contributed by atoms with E-state index in [1.165, 1.54) is 38.5 Å². The maximum absolute atomic E-state index is 6.15. The van der Waals surface area contributed by atoms with Crippen LogP contribution in [0.25, 0.3) is 0 Å². The molecule has 3 nitrogen and oxygen atoms in total. The molecule has 0 amide bonds. The highest BCUT2D eigenvalue weighted by atomic mass is 15.3. The first-order valence-corrected chi connectivity index (χ1v) is 7.98. The van der Waals surface area contributed by atoms with Crippen LogP contribution in [0.3, 0.4) is 0 Å². The van der Waals surface area contributed by atoms with E-state index in [1.54, 1.807) is 0 Å². The Kier molecular flexibility index (Phi) is 2.49. The standard InChI is InChI=1S/C16H25N3/c1-2-14-6-15(17)19(18-14)10-16-7-11-3-12(8-16)5-13(4-11)9-16/h6,11-13H,2-5,7-10,17H2,1H3. The van der Waals surface area contributed by atoms with E-state index in [2.05, 4.69) is 17.7 Å². The first kappa shape index (κ1) is 11.8. The predicted molar refractivity (Wildman–Crippen MR) is 76.6 cm³/mol. The van der Waals surface area contributed by atoms with E-state index in [1.807, 2.05) is 0 Å². The van der Waals surface area contributed by atoms with Crippen LogP contribution in [0.4, 0.5) is 5.82 Å². The smallest absolute Gasteiger partial charge is 0.121 e. The van der Waals surface area contributed by atoms with E-state index < -0.39 is 0 Å². The second-order valence-corrected chi connectivity index (χ2v) is 7.49. The lowest BCUT2D eigenvalue weighted by molar-refractivity contribution is -0.0632. The van der Waals surface area contributed by atoms with Crippen molar-refractivity contribution in [3.05, 3.63) is 11.8 Å². The largest absolute Gasteiger partial charge is 0.384 e. The van der Waals surface area contributed by atoms with Crippen LogP contribution in [0.5, 0.6) is 0 Å². The van der Waals surface area contributed by atoms with Gasteiger partial charge in [-0.15, -0.1) is 0 Å². The Bertz CT molecular complexity index is 453. The molecule has 0 radical (unpaired) electrons. The van der Waals surface area contributed by atoms with Gasteiger partial charge >= 0.3 is 0 Å². The zero-order chi connectivity index (χ0) is 13.0. The van der Waals surface area contributed by atoms with Crippen LogP contribution in [0, 0.1) is 23.2 Å². The average molecular weight is 259 g/mol. The lowest BCUT2D eigenvalue weighted by Gasteiger charge is -2.56. The molecular weight excluding hydrogens is 234 g/mol. The van der Waals surface area contributed by atoms with Crippen molar-refractivity contribution in [2.45, 2.75) is 58.4 Å². The Labute approximate surface area is 115 Å². The molecule has 4 bridgehead atoms. The molecule has 0 aliphatic heterocycles. The fourth-order valence-corrected chi connectivity index (χ4v) is 5.59. The highest BCUT2D eigenvalue weighted by Crippen LogP contribution is 2.60. The van der Waals surface area contributed by atoms with Gasteiger partial charge in [0.15, 0.2) is 0 Å². The number of nitrogen functional groups attached to an aromatic ring is 1. The van der Waals surface area contributed by atoms with Crippen molar-refractivity contribution >= 4 is 5.82 Å². The van der Waals surface area contributed by atoms with Gasteiger partial charge in [0.05, 0.1) is 5.69 Å². The molecule has 1 heterocycles. The van der Waals surface area contributed by atoms with E-state index in [0.717, 1.165) is 42.2 Å². The van der Waals surface area contributed by atoms with Crippen molar-refractivity contribution in [2.75, 3.05) is 5.73 Å². The summed E-state index contributed by atoms with van der Waals surface area (Å²) in [6.07, 6.45) is 9.80. The minimum Gasteiger partial charge on any atom is -0.384 e. The maximum atomic E-state index is 6.15. The van der Waals surface area contributed by atoms with Gasteiger partial charge in [0, 0.05) is 12.6 Å². The molecule has 2 N–H and O–H groups in total. The number of anilines is 1. The van der Waals surface area contributed by atoms with Gasteiger partial charge in [0.2, 0.25) is 0 Å². The zero-order valence-corrected chi connectivity index (χ0v) is 11.9. The fraction of sp³-hybridized carbons (Fsp3) is 0.812. The van der Waals surface area contributed by atoms with Gasteiger partial charge in [-0.2, -0.15) is 5.10 Å². The summed E-state index contributed by atoms with van der Waals surface area (Å²) < 4.78 is 2.10. The van der Waals surface area contributed by atoms with Gasteiger partial charge in [-0.3, -0.25) is 0 Å². The molecule has 4 fully saturated rings. The van der Waals surface area contributed by atoms with Gasteiger partial charge in [0.1, 0.15) is 5.82 Å². The molecule has 0 saturated heterocycles. The highest BCUT2D eigenvalue weighted by molar-refractivity contribution is 5.31.